The average molecular weight is 627 g/mol. The molecule has 6 rings (SSSR count). The van der Waals surface area contributed by atoms with E-state index in [-0.39, 0.29) is 30.1 Å². The Morgan fingerprint density at radius 1 is 1.09 bits per heavy atom. The van der Waals surface area contributed by atoms with E-state index in [2.05, 4.69) is 37.4 Å². The van der Waals surface area contributed by atoms with Crippen molar-refractivity contribution >= 4 is 23.4 Å². The topological polar surface area (TPSA) is 184 Å². The second-order valence-corrected chi connectivity index (χ2v) is 13.1. The van der Waals surface area contributed by atoms with E-state index in [0.29, 0.717) is 23.5 Å². The van der Waals surface area contributed by atoms with Gasteiger partial charge in [0.1, 0.15) is 17.4 Å². The molecule has 4 N–H and O–H groups in total. The fraction of sp³-hybridized carbons (Fsp3) is 0.469. The number of anilines is 1. The van der Waals surface area contributed by atoms with Crippen LogP contribution in [0.25, 0.3) is 28.2 Å². The van der Waals surface area contributed by atoms with Crippen molar-refractivity contribution in [3.8, 4) is 28.7 Å². The minimum atomic E-state index is -1.01. The number of pyridine rings is 1. The van der Waals surface area contributed by atoms with Gasteiger partial charge < -0.3 is 25.8 Å². The highest BCUT2D eigenvalue weighted by molar-refractivity contribution is 5.79. The number of nitrogens with zero attached hydrogens (tertiary/aromatic N) is 7. The van der Waals surface area contributed by atoms with Crippen LogP contribution in [0, 0.1) is 17.2 Å². The maximum atomic E-state index is 12.2. The molecule has 2 amide bonds. The molecular formula is C32H38N10O4. The molecule has 2 aliphatic rings. The number of nitrogens with one attached hydrogen (secondary N) is 3. The Bertz CT molecular complexity index is 1770. The molecule has 2 aliphatic carbocycles. The van der Waals surface area contributed by atoms with Crippen molar-refractivity contribution in [2.45, 2.75) is 83.0 Å². The number of fused-ring (bicyclic) bond motifs is 1. The van der Waals surface area contributed by atoms with Crippen molar-refractivity contribution < 1.29 is 19.4 Å². The van der Waals surface area contributed by atoms with E-state index in [4.69, 9.17) is 14.8 Å². The van der Waals surface area contributed by atoms with Crippen LogP contribution in [0.15, 0.2) is 42.9 Å². The van der Waals surface area contributed by atoms with Crippen molar-refractivity contribution in [3.05, 3.63) is 48.4 Å². The van der Waals surface area contributed by atoms with Crippen molar-refractivity contribution in [1.29, 1.82) is 5.26 Å². The van der Waals surface area contributed by atoms with Gasteiger partial charge >= 0.3 is 12.2 Å². The van der Waals surface area contributed by atoms with Gasteiger partial charge in [0, 0.05) is 36.1 Å². The molecule has 4 aromatic heterocycles. The molecule has 0 aliphatic heterocycles. The molecule has 0 aromatic carbocycles. The summed E-state index contributed by atoms with van der Waals surface area (Å²) in [7, 11) is 0. The Kier molecular flexibility index (Phi) is 8.48. The molecule has 14 heteroatoms. The van der Waals surface area contributed by atoms with Crippen molar-refractivity contribution in [2.24, 2.45) is 5.92 Å². The van der Waals surface area contributed by atoms with Gasteiger partial charge in [-0.1, -0.05) is 5.21 Å². The molecule has 0 saturated heterocycles. The molecule has 0 atom stereocenters. The monoisotopic (exact) mass is 626 g/mol. The van der Waals surface area contributed by atoms with Crippen LogP contribution in [-0.4, -0.2) is 71.1 Å². The Hall–Kier alpha value is -5.19. The van der Waals surface area contributed by atoms with Crippen LogP contribution in [0.3, 0.4) is 0 Å². The lowest BCUT2D eigenvalue weighted by atomic mass is 9.80. The second kappa shape index (κ2) is 12.7. The quantitative estimate of drug-likeness (QED) is 0.208. The molecule has 240 valence electrons. The van der Waals surface area contributed by atoms with Crippen molar-refractivity contribution in [2.75, 3.05) is 11.9 Å². The van der Waals surface area contributed by atoms with Crippen molar-refractivity contribution in [1.82, 2.24) is 40.2 Å². The lowest BCUT2D eigenvalue weighted by Gasteiger charge is -2.36. The highest BCUT2D eigenvalue weighted by atomic mass is 16.6. The number of hydrogen-bond acceptors (Lipinski definition) is 9. The molecule has 4 aromatic rings. The fourth-order valence-corrected chi connectivity index (χ4v) is 6.18. The Balaban J connectivity index is 1.20. The lowest BCUT2D eigenvalue weighted by Crippen LogP contribution is -2.41. The standard InChI is InChI=1S/C32H38N10O4/c1-32(2,3)46-31(45)38-21-4-6-23(7-5-21)41-18-28(39-40-41)25-17-34-27(29-9-8-24-12-20(14-33)16-36-42(24)29)13-26(25)37-22-10-19(11-22)15-35-30(43)44/h8-9,12-13,16-19,21-23,35H,4-7,10-11,15H2,1-3H3,(H,34,37)(H,38,45)(H,43,44). The zero-order valence-electron chi connectivity index (χ0n) is 26.1. The molecule has 0 spiro atoms. The molecule has 2 fully saturated rings. The molecule has 46 heavy (non-hydrogen) atoms. The average Bonchev–Trinajstić information content (AvgIpc) is 3.65. The first-order valence-corrected chi connectivity index (χ1v) is 15.6. The number of carbonyl (C=O) groups excluding carboxylic acids is 1. The summed E-state index contributed by atoms with van der Waals surface area (Å²) in [5.41, 5.74) is 4.57. The molecule has 0 radical (unpaired) electrons. The van der Waals surface area contributed by atoms with Gasteiger partial charge in [-0.2, -0.15) is 10.4 Å². The van der Waals surface area contributed by atoms with E-state index in [1.54, 1.807) is 16.8 Å². The number of rotatable bonds is 8. The SMILES string of the molecule is CC(C)(C)OC(=O)NC1CCC(n2cc(-c3cnc(-c4ccc5cc(C#N)cnn45)cc3NC3CC(CNC(=O)O)C3)nn2)CC1. The first kappa shape index (κ1) is 30.8. The predicted octanol–water partition coefficient (Wildman–Crippen LogP) is 4.99. The highest BCUT2D eigenvalue weighted by Crippen LogP contribution is 2.36. The summed E-state index contributed by atoms with van der Waals surface area (Å²) in [6.07, 6.45) is 8.86. The zero-order valence-corrected chi connectivity index (χ0v) is 26.1. The molecule has 0 unspecified atom stereocenters. The van der Waals surface area contributed by atoms with Crippen molar-refractivity contribution in [3.63, 3.8) is 0 Å². The number of hydrogen-bond donors (Lipinski definition) is 4. The number of amides is 2. The van der Waals surface area contributed by atoms with E-state index in [9.17, 15) is 14.9 Å². The zero-order chi connectivity index (χ0) is 32.4. The molecule has 14 nitrogen and oxygen atoms in total. The van der Waals surface area contributed by atoms with Gasteiger partial charge in [-0.25, -0.2) is 18.8 Å². The third-order valence-electron chi connectivity index (χ3n) is 8.51. The first-order chi connectivity index (χ1) is 22.0. The van der Waals surface area contributed by atoms with Gasteiger partial charge in [-0.15, -0.1) is 5.10 Å². The van der Waals surface area contributed by atoms with Gasteiger partial charge in [0.15, 0.2) is 0 Å². The van der Waals surface area contributed by atoms with Gasteiger partial charge in [-0.05, 0) is 89.5 Å². The molecule has 0 bridgehead atoms. The maximum Gasteiger partial charge on any atom is 0.407 e. The Morgan fingerprint density at radius 2 is 1.87 bits per heavy atom. The van der Waals surface area contributed by atoms with Crippen LogP contribution < -0.4 is 16.0 Å². The van der Waals surface area contributed by atoms with Gasteiger partial charge in [0.25, 0.3) is 0 Å². The predicted molar refractivity (Wildman–Crippen MR) is 169 cm³/mol. The van der Waals surface area contributed by atoms with Crippen LogP contribution in [0.4, 0.5) is 15.3 Å². The summed E-state index contributed by atoms with van der Waals surface area (Å²) in [6, 6.07) is 10.1. The number of ether oxygens (including phenoxy) is 1. The maximum absolute atomic E-state index is 12.2. The van der Waals surface area contributed by atoms with E-state index in [1.165, 1.54) is 6.20 Å². The lowest BCUT2D eigenvalue weighted by molar-refractivity contribution is 0.0487. The van der Waals surface area contributed by atoms with E-state index >= 15 is 0 Å². The minimum absolute atomic E-state index is 0.0600. The Labute approximate surface area is 266 Å². The number of aromatic nitrogens is 6. The third-order valence-corrected chi connectivity index (χ3v) is 8.51. The minimum Gasteiger partial charge on any atom is -0.465 e. The number of carbonyl (C=O) groups is 2. The molecular weight excluding hydrogens is 588 g/mol. The summed E-state index contributed by atoms with van der Waals surface area (Å²) in [4.78, 5) is 27.9. The van der Waals surface area contributed by atoms with Gasteiger partial charge in [0.05, 0.1) is 40.9 Å². The summed E-state index contributed by atoms with van der Waals surface area (Å²) >= 11 is 0. The smallest absolute Gasteiger partial charge is 0.407 e. The van der Waals surface area contributed by atoms with E-state index in [1.807, 2.05) is 49.8 Å². The largest absolute Gasteiger partial charge is 0.465 e. The number of nitriles is 1. The van der Waals surface area contributed by atoms with Crippen LogP contribution in [0.1, 0.15) is 70.9 Å². The fourth-order valence-electron chi connectivity index (χ4n) is 6.18. The van der Waals surface area contributed by atoms with Gasteiger partial charge in [0.2, 0.25) is 0 Å². The van der Waals surface area contributed by atoms with Crippen LogP contribution >= 0.6 is 0 Å². The summed E-state index contributed by atoms with van der Waals surface area (Å²) in [6.45, 7) is 5.98. The summed E-state index contributed by atoms with van der Waals surface area (Å²) in [5.74, 6) is 0.271. The summed E-state index contributed by atoms with van der Waals surface area (Å²) in [5, 5.41) is 40.8. The summed E-state index contributed by atoms with van der Waals surface area (Å²) < 4.78 is 9.08. The number of alkyl carbamates (subject to hydrolysis) is 1. The third kappa shape index (κ3) is 7.03. The van der Waals surface area contributed by atoms with Crippen LogP contribution in [0.2, 0.25) is 0 Å². The highest BCUT2D eigenvalue weighted by Gasteiger charge is 2.31. The van der Waals surface area contributed by atoms with E-state index < -0.39 is 11.7 Å². The van der Waals surface area contributed by atoms with Crippen LogP contribution in [0.5, 0.6) is 0 Å². The Morgan fingerprint density at radius 3 is 2.59 bits per heavy atom. The van der Waals surface area contributed by atoms with Crippen LogP contribution in [-0.2, 0) is 4.74 Å². The number of carboxylic acid groups (broad SMARTS) is 1. The van der Waals surface area contributed by atoms with E-state index in [0.717, 1.165) is 61.0 Å². The second-order valence-electron chi connectivity index (χ2n) is 13.1. The molecule has 4 heterocycles. The normalized spacial score (nSPS) is 21.2. The first-order valence-electron chi connectivity index (χ1n) is 15.6. The van der Waals surface area contributed by atoms with Gasteiger partial charge in [-0.3, -0.25) is 4.98 Å². The molecule has 2 saturated carbocycles.